The molecule has 4 aliphatic heterocycles. The maximum Gasteiger partial charge on any atom is 0.254 e. The molecule has 1 N–H and O–H groups in total. The van der Waals surface area contributed by atoms with E-state index in [-0.39, 0.29) is 42.4 Å². The van der Waals surface area contributed by atoms with Crippen molar-refractivity contribution in [3.8, 4) is 11.5 Å². The summed E-state index contributed by atoms with van der Waals surface area (Å²) in [5.74, 6) is 0.565. The van der Waals surface area contributed by atoms with E-state index in [2.05, 4.69) is 17.2 Å². The monoisotopic (exact) mass is 505 g/mol. The molecular formula is C27H31N5O5. The molecule has 3 saturated heterocycles. The molecule has 4 aliphatic rings. The minimum Gasteiger partial charge on any atom is -0.454 e. The topological polar surface area (TPSA) is 94.7 Å². The van der Waals surface area contributed by atoms with Gasteiger partial charge in [-0.15, -0.1) is 0 Å². The first-order valence-electron chi connectivity index (χ1n) is 12.9. The molecule has 3 fully saturated rings. The van der Waals surface area contributed by atoms with Crippen LogP contribution in [0, 0.1) is 11.8 Å². The highest BCUT2D eigenvalue weighted by Crippen LogP contribution is 2.34. The molecule has 10 heteroatoms. The van der Waals surface area contributed by atoms with Crippen molar-refractivity contribution in [1.29, 1.82) is 0 Å². The molecule has 0 bridgehead atoms. The minimum atomic E-state index is -0.340. The lowest BCUT2D eigenvalue weighted by Crippen LogP contribution is -2.60. The largest absolute Gasteiger partial charge is 0.454 e. The number of anilines is 1. The average molecular weight is 506 g/mol. The van der Waals surface area contributed by atoms with Crippen LogP contribution >= 0.6 is 0 Å². The first-order valence-corrected chi connectivity index (χ1v) is 12.9. The van der Waals surface area contributed by atoms with Gasteiger partial charge in [0.15, 0.2) is 11.5 Å². The Morgan fingerprint density at radius 2 is 1.68 bits per heavy atom. The highest BCUT2D eigenvalue weighted by Gasteiger charge is 2.51. The fourth-order valence-corrected chi connectivity index (χ4v) is 5.77. The van der Waals surface area contributed by atoms with Crippen LogP contribution in [0.1, 0.15) is 17.3 Å². The first kappa shape index (κ1) is 23.7. The number of ether oxygens (including phenoxy) is 2. The van der Waals surface area contributed by atoms with Crippen LogP contribution in [0.3, 0.4) is 0 Å². The van der Waals surface area contributed by atoms with Gasteiger partial charge >= 0.3 is 0 Å². The second-order valence-corrected chi connectivity index (χ2v) is 9.91. The first-order chi connectivity index (χ1) is 18.0. The predicted octanol–water partition coefficient (Wildman–Crippen LogP) is 1.19. The lowest BCUT2D eigenvalue weighted by Gasteiger charge is -2.42. The maximum atomic E-state index is 13.8. The summed E-state index contributed by atoms with van der Waals surface area (Å²) in [6.45, 7) is 6.09. The molecular weight excluding hydrogens is 474 g/mol. The summed E-state index contributed by atoms with van der Waals surface area (Å²) in [5, 5.41) is 1.61. The third-order valence-electron chi connectivity index (χ3n) is 7.87. The number of rotatable bonds is 4. The van der Waals surface area contributed by atoms with Crippen LogP contribution in [0.4, 0.5) is 5.69 Å². The molecule has 0 spiro atoms. The quantitative estimate of drug-likeness (QED) is 0.667. The standard InChI is InChI=1S/C27H31N5O5/c1-2-29-15-20(24-21(16-29)27(35)32(28-24)19-6-4-3-5-7-19)26(34)31-12-10-30(11-13-31)25(33)18-8-9-22-23(14-18)37-17-36-22/h3-9,14,20-21,24,28H,2,10-13,15-17H2,1H3. The van der Waals surface area contributed by atoms with Crippen molar-refractivity contribution in [2.75, 3.05) is 57.6 Å². The van der Waals surface area contributed by atoms with Gasteiger partial charge in [0.05, 0.1) is 23.6 Å². The molecule has 3 atom stereocenters. The summed E-state index contributed by atoms with van der Waals surface area (Å²) in [6, 6.07) is 14.5. The summed E-state index contributed by atoms with van der Waals surface area (Å²) in [6.07, 6.45) is 0. The third-order valence-corrected chi connectivity index (χ3v) is 7.87. The molecule has 3 unspecified atom stereocenters. The van der Waals surface area contributed by atoms with Gasteiger partial charge in [-0.1, -0.05) is 25.1 Å². The van der Waals surface area contributed by atoms with Crippen molar-refractivity contribution in [1.82, 2.24) is 20.1 Å². The van der Waals surface area contributed by atoms with Crippen LogP contribution in [0.15, 0.2) is 48.5 Å². The number of nitrogens with one attached hydrogen (secondary N) is 1. The van der Waals surface area contributed by atoms with Crippen LogP contribution < -0.4 is 19.9 Å². The molecule has 0 saturated carbocycles. The van der Waals surface area contributed by atoms with E-state index >= 15 is 0 Å². The molecule has 6 rings (SSSR count). The van der Waals surface area contributed by atoms with E-state index in [0.717, 1.165) is 12.2 Å². The van der Waals surface area contributed by atoms with Gasteiger partial charge in [-0.3, -0.25) is 14.4 Å². The van der Waals surface area contributed by atoms with Gasteiger partial charge in [-0.25, -0.2) is 10.4 Å². The Bertz CT molecular complexity index is 1200. The maximum absolute atomic E-state index is 13.8. The van der Waals surface area contributed by atoms with Gasteiger partial charge < -0.3 is 24.2 Å². The fourth-order valence-electron chi connectivity index (χ4n) is 5.77. The normalized spacial score (nSPS) is 25.4. The molecule has 4 heterocycles. The van der Waals surface area contributed by atoms with E-state index in [1.807, 2.05) is 35.2 Å². The van der Waals surface area contributed by atoms with Crippen molar-refractivity contribution in [2.45, 2.75) is 13.0 Å². The number of hydrazine groups is 1. The van der Waals surface area contributed by atoms with E-state index in [9.17, 15) is 14.4 Å². The number of fused-ring (bicyclic) bond motifs is 2. The van der Waals surface area contributed by atoms with Gasteiger partial charge in [0.25, 0.3) is 5.91 Å². The van der Waals surface area contributed by atoms with Crippen LogP contribution in [-0.4, -0.2) is 91.1 Å². The Kier molecular flexibility index (Phi) is 6.21. The van der Waals surface area contributed by atoms with Gasteiger partial charge in [0.2, 0.25) is 18.6 Å². The molecule has 194 valence electrons. The van der Waals surface area contributed by atoms with Crippen molar-refractivity contribution in [3.63, 3.8) is 0 Å². The van der Waals surface area contributed by atoms with Crippen molar-refractivity contribution < 1.29 is 23.9 Å². The van der Waals surface area contributed by atoms with Crippen molar-refractivity contribution in [3.05, 3.63) is 54.1 Å². The van der Waals surface area contributed by atoms with Gasteiger partial charge in [-0.2, -0.15) is 0 Å². The molecule has 0 radical (unpaired) electrons. The number of piperidine rings is 1. The Hall–Kier alpha value is -3.63. The lowest BCUT2D eigenvalue weighted by molar-refractivity contribution is -0.141. The van der Waals surface area contributed by atoms with Crippen molar-refractivity contribution >= 4 is 23.4 Å². The second kappa shape index (κ2) is 9.68. The van der Waals surface area contributed by atoms with Crippen LogP contribution in [0.5, 0.6) is 11.5 Å². The number of para-hydroxylation sites is 1. The van der Waals surface area contributed by atoms with Gasteiger partial charge in [0, 0.05) is 44.8 Å². The summed E-state index contributed by atoms with van der Waals surface area (Å²) in [4.78, 5) is 46.0. The zero-order valence-electron chi connectivity index (χ0n) is 20.8. The average Bonchev–Trinajstić information content (AvgIpc) is 3.56. The number of benzene rings is 2. The highest BCUT2D eigenvalue weighted by molar-refractivity contribution is 5.98. The zero-order chi connectivity index (χ0) is 25.5. The van der Waals surface area contributed by atoms with Crippen molar-refractivity contribution in [2.24, 2.45) is 11.8 Å². The van der Waals surface area contributed by atoms with E-state index in [4.69, 9.17) is 9.47 Å². The molecule has 0 aliphatic carbocycles. The Labute approximate surface area is 215 Å². The SMILES string of the molecule is CCN1CC(C(=O)N2CCN(C(=O)c3ccc4c(c3)OCO4)CC2)C2NN(c3ccccc3)C(=O)C2C1. The number of amides is 3. The Balaban J connectivity index is 1.13. The molecule has 2 aromatic carbocycles. The van der Waals surface area contributed by atoms with Crippen LogP contribution in [0.25, 0.3) is 0 Å². The smallest absolute Gasteiger partial charge is 0.254 e. The van der Waals surface area contributed by atoms with Gasteiger partial charge in [0.1, 0.15) is 0 Å². The van der Waals surface area contributed by atoms with Crippen LogP contribution in [-0.2, 0) is 9.59 Å². The molecule has 0 aromatic heterocycles. The highest BCUT2D eigenvalue weighted by atomic mass is 16.7. The Morgan fingerprint density at radius 1 is 0.946 bits per heavy atom. The fraction of sp³-hybridized carbons (Fsp3) is 0.444. The number of hydrogen-bond acceptors (Lipinski definition) is 7. The van der Waals surface area contributed by atoms with E-state index in [0.29, 0.717) is 56.3 Å². The number of hydrogen-bond donors (Lipinski definition) is 1. The molecule has 2 aromatic rings. The summed E-state index contributed by atoms with van der Waals surface area (Å²) in [7, 11) is 0. The molecule has 10 nitrogen and oxygen atoms in total. The van der Waals surface area contributed by atoms with Gasteiger partial charge in [-0.05, 0) is 36.9 Å². The number of piperazine rings is 1. The summed E-state index contributed by atoms with van der Waals surface area (Å²) in [5.41, 5.74) is 4.70. The number of nitrogens with zero attached hydrogens (tertiary/aromatic N) is 4. The van der Waals surface area contributed by atoms with Crippen LogP contribution in [0.2, 0.25) is 0 Å². The summed E-state index contributed by atoms with van der Waals surface area (Å²) < 4.78 is 10.7. The van der Waals surface area contributed by atoms with E-state index < -0.39 is 0 Å². The number of carbonyl (C=O) groups is 3. The van der Waals surface area contributed by atoms with E-state index in [1.54, 1.807) is 28.1 Å². The zero-order valence-corrected chi connectivity index (χ0v) is 20.8. The summed E-state index contributed by atoms with van der Waals surface area (Å²) >= 11 is 0. The number of carbonyl (C=O) groups excluding carboxylic acids is 3. The lowest BCUT2D eigenvalue weighted by atomic mass is 9.83. The minimum absolute atomic E-state index is 0.00583. The number of likely N-dealkylation sites (tertiary alicyclic amines) is 1. The third kappa shape index (κ3) is 4.30. The predicted molar refractivity (Wildman–Crippen MR) is 135 cm³/mol. The van der Waals surface area contributed by atoms with E-state index in [1.165, 1.54) is 0 Å². The Morgan fingerprint density at radius 3 is 2.43 bits per heavy atom. The second-order valence-electron chi connectivity index (χ2n) is 9.91. The molecule has 37 heavy (non-hydrogen) atoms. The molecule has 3 amide bonds.